The SMILES string of the molecule is C[C@H](c1ccccc1)N1COc2c3cc(c(O)c2C1)[C@H](CCc1ccccc1)c1cc(c(O)c2c1OCN([C@H](C)c1ccccc1)C2)[C@H](CCc1ccccc1)c1cc(c(O)c2c1OCN([C@H](C)c1ccccc1)C2)[C@H](CCc1ccccc1)c1cc(c(O)c2c1OCN([C@H](C)c1ccccc1)C2)[C@@H]3CCc1ccccc1. The van der Waals surface area contributed by atoms with E-state index in [1.165, 1.54) is 0 Å². The molecule has 5 aliphatic rings. The van der Waals surface area contributed by atoms with Crippen LogP contribution in [0.25, 0.3) is 0 Å². The Morgan fingerprint density at radius 2 is 0.438 bits per heavy atom. The maximum atomic E-state index is 14.3. The molecule has 568 valence electrons. The smallest absolute Gasteiger partial charge is 0.142 e. The summed E-state index contributed by atoms with van der Waals surface area (Å²) in [5, 5.41) is 57.1. The largest absolute Gasteiger partial charge is 0.507 e. The minimum atomic E-state index is -0.583. The number of nitrogens with zero attached hydrogens (tertiary/aromatic N) is 4. The second kappa shape index (κ2) is 32.7. The number of aromatic hydroxyl groups is 4. The van der Waals surface area contributed by atoms with Crippen LogP contribution in [0.3, 0.4) is 0 Å². The van der Waals surface area contributed by atoms with Crippen LogP contribution in [0.2, 0.25) is 0 Å². The van der Waals surface area contributed by atoms with Gasteiger partial charge >= 0.3 is 0 Å². The van der Waals surface area contributed by atoms with Gasteiger partial charge in [-0.15, -0.1) is 0 Å². The van der Waals surface area contributed by atoms with Crippen molar-refractivity contribution in [3.05, 3.63) is 378 Å². The van der Waals surface area contributed by atoms with Crippen LogP contribution in [0.15, 0.2) is 267 Å². The molecule has 0 spiro atoms. The molecule has 0 unspecified atom stereocenters. The molecule has 4 N–H and O–H groups in total. The Bertz CT molecular complexity index is 4600. The topological polar surface area (TPSA) is 131 Å². The van der Waals surface area contributed by atoms with E-state index in [-0.39, 0.29) is 74.1 Å². The zero-order valence-corrected chi connectivity index (χ0v) is 64.5. The maximum Gasteiger partial charge on any atom is 0.142 e. The van der Waals surface area contributed by atoms with E-state index < -0.39 is 23.7 Å². The fraction of sp³-hybridized carbons (Fsp3) is 0.280. The van der Waals surface area contributed by atoms with Crippen LogP contribution in [0.5, 0.6) is 46.0 Å². The number of benzene rings is 12. The highest BCUT2D eigenvalue weighted by Gasteiger charge is 2.43. The van der Waals surface area contributed by atoms with Crippen molar-refractivity contribution in [1.82, 2.24) is 19.6 Å². The number of ether oxygens (including phenoxy) is 4. The van der Waals surface area contributed by atoms with Gasteiger partial charge in [0.2, 0.25) is 0 Å². The summed E-state index contributed by atoms with van der Waals surface area (Å²) in [6, 6.07) is 93.0. The lowest BCUT2D eigenvalue weighted by Crippen LogP contribution is -2.36. The van der Waals surface area contributed by atoms with Crippen LogP contribution in [-0.4, -0.2) is 66.9 Å². The van der Waals surface area contributed by atoms with E-state index in [4.69, 9.17) is 18.9 Å². The first-order chi connectivity index (χ1) is 54.9. The van der Waals surface area contributed by atoms with Crippen LogP contribution in [0.1, 0.15) is 212 Å². The summed E-state index contributed by atoms with van der Waals surface area (Å²) < 4.78 is 29.8. The Kier molecular flexibility index (Phi) is 21.5. The highest BCUT2D eigenvalue weighted by molar-refractivity contribution is 5.69. The summed E-state index contributed by atoms with van der Waals surface area (Å²) >= 11 is 0. The summed E-state index contributed by atoms with van der Waals surface area (Å²) in [6.07, 6.45) is 4.59. The summed E-state index contributed by atoms with van der Waals surface area (Å²) in [6.45, 7) is 11.2. The molecule has 8 atom stereocenters. The van der Waals surface area contributed by atoms with Gasteiger partial charge in [-0.05, 0) is 148 Å². The van der Waals surface area contributed by atoms with Gasteiger partial charge in [0.25, 0.3) is 0 Å². The Labute approximate surface area is 659 Å². The third-order valence-corrected chi connectivity index (χ3v) is 25.2. The maximum absolute atomic E-state index is 14.3. The Morgan fingerprint density at radius 1 is 0.259 bits per heavy atom. The van der Waals surface area contributed by atoms with E-state index in [2.05, 4.69) is 290 Å². The lowest BCUT2D eigenvalue weighted by atomic mass is 9.74. The van der Waals surface area contributed by atoms with E-state index in [0.717, 1.165) is 66.8 Å². The first-order valence-corrected chi connectivity index (χ1v) is 40.3. The molecule has 12 aromatic carbocycles. The van der Waals surface area contributed by atoms with Gasteiger partial charge < -0.3 is 39.4 Å². The van der Waals surface area contributed by atoms with Crippen molar-refractivity contribution in [2.75, 3.05) is 26.9 Å². The molecule has 4 aliphatic heterocycles. The monoisotopic (exact) mass is 1480 g/mol. The lowest BCUT2D eigenvalue weighted by Gasteiger charge is -2.40. The van der Waals surface area contributed by atoms with Gasteiger partial charge in [-0.1, -0.05) is 243 Å². The first-order valence-electron chi connectivity index (χ1n) is 40.3. The zero-order valence-electron chi connectivity index (χ0n) is 64.5. The number of phenols is 4. The highest BCUT2D eigenvalue weighted by Crippen LogP contribution is 2.59. The molecule has 0 amide bonds. The minimum absolute atomic E-state index is 0.108. The molecular formula is C100H100N4O8. The van der Waals surface area contributed by atoms with E-state index in [1.54, 1.807) is 0 Å². The van der Waals surface area contributed by atoms with Gasteiger partial charge in [-0.3, -0.25) is 19.6 Å². The Morgan fingerprint density at radius 3 is 0.625 bits per heavy atom. The van der Waals surface area contributed by atoms with Crippen molar-refractivity contribution >= 4 is 0 Å². The van der Waals surface area contributed by atoms with Crippen molar-refractivity contribution < 1.29 is 39.4 Å². The molecule has 12 heteroatoms. The van der Waals surface area contributed by atoms with Gasteiger partial charge in [0.15, 0.2) is 0 Å². The molecule has 0 saturated carbocycles. The van der Waals surface area contributed by atoms with Crippen LogP contribution >= 0.6 is 0 Å². The fourth-order valence-electron chi connectivity index (χ4n) is 18.5. The molecule has 0 saturated heterocycles. The van der Waals surface area contributed by atoms with Crippen molar-refractivity contribution in [2.45, 2.75) is 153 Å². The molecule has 1 aliphatic carbocycles. The molecule has 4 heterocycles. The third kappa shape index (κ3) is 14.8. The lowest BCUT2D eigenvalue weighted by molar-refractivity contribution is 0.0582. The number of phenolic OH excluding ortho intramolecular Hbond substituents is 4. The number of rotatable bonds is 20. The predicted octanol–water partition coefficient (Wildman–Crippen LogP) is 21.5. The third-order valence-electron chi connectivity index (χ3n) is 25.2. The van der Waals surface area contributed by atoms with E-state index in [9.17, 15) is 20.4 Å². The van der Waals surface area contributed by atoms with E-state index in [1.807, 2.05) is 24.3 Å². The van der Waals surface area contributed by atoms with Crippen LogP contribution in [-0.2, 0) is 51.9 Å². The summed E-state index contributed by atoms with van der Waals surface area (Å²) in [5.41, 5.74) is 17.9. The number of hydrogen-bond acceptors (Lipinski definition) is 12. The van der Waals surface area contributed by atoms with Gasteiger partial charge in [0.05, 0.1) is 22.3 Å². The normalized spacial score (nSPS) is 18.7. The van der Waals surface area contributed by atoms with Gasteiger partial charge in [0.1, 0.15) is 72.9 Å². The molecule has 112 heavy (non-hydrogen) atoms. The predicted molar refractivity (Wildman–Crippen MR) is 442 cm³/mol. The minimum Gasteiger partial charge on any atom is -0.507 e. The van der Waals surface area contributed by atoms with Crippen molar-refractivity contribution in [3.63, 3.8) is 0 Å². The second-order valence-corrected chi connectivity index (χ2v) is 31.6. The van der Waals surface area contributed by atoms with Crippen LogP contribution in [0, 0.1) is 0 Å². The zero-order chi connectivity index (χ0) is 76.3. The molecule has 12 aromatic rings. The number of hydrogen-bond donors (Lipinski definition) is 4. The first kappa shape index (κ1) is 73.7. The standard InChI is InChI=1S/C100H100N4O8/c1-65(73-37-21-9-22-38-73)101-57-89-93(105)81-53-85(97(89)109-61-101)78(50-46-70-31-15-6-16-32-70)82-54-87(99-90(94(82)106)58-102(63-111-99)66(2)74-39-23-10-24-40-74)80(52-48-72-35-19-8-20-36-72)84-56-88(100-92(96(84)108)60-104(64-112-100)68(4)76-43-27-12-28-44-76)79(51-47-71-33-17-7-18-34-71)83-55-86(77(81)49-45-69-29-13-5-14-30-69)98-91(95(83)107)59-103(62-110-98)67(3)75-41-25-11-26-42-75/h5-44,53-56,65-68,77-80,105-108H,45-52,57-64H2,1-4H3/t65-,66-,67-,68-,77+,78+,79+,80+/m1/s1. The van der Waals surface area contributed by atoms with E-state index >= 15 is 0 Å². The highest BCUT2D eigenvalue weighted by atomic mass is 16.5. The molecule has 12 nitrogen and oxygen atoms in total. The number of aryl methyl sites for hydroxylation is 4. The molecule has 8 bridgehead atoms. The fourth-order valence-corrected chi connectivity index (χ4v) is 18.5. The van der Waals surface area contributed by atoms with Gasteiger partial charge in [-0.25, -0.2) is 0 Å². The van der Waals surface area contributed by atoms with Crippen LogP contribution in [0.4, 0.5) is 0 Å². The summed E-state index contributed by atoms with van der Waals surface area (Å²) in [7, 11) is 0. The van der Waals surface area contributed by atoms with Crippen molar-refractivity contribution in [1.29, 1.82) is 0 Å². The summed E-state index contributed by atoms with van der Waals surface area (Å²) in [5.74, 6) is 0.593. The average Bonchev–Trinajstić information content (AvgIpc) is 0.725. The molecule has 0 radical (unpaired) electrons. The van der Waals surface area contributed by atoms with Gasteiger partial charge in [0, 0.05) is 119 Å². The number of fused-ring (bicyclic) bond motifs is 16. The molecular weight excluding hydrogens is 1390 g/mol. The van der Waals surface area contributed by atoms with Crippen LogP contribution < -0.4 is 18.9 Å². The average molecular weight is 1490 g/mol. The summed E-state index contributed by atoms with van der Waals surface area (Å²) in [4.78, 5) is 9.20. The van der Waals surface area contributed by atoms with Gasteiger partial charge in [-0.2, -0.15) is 0 Å². The van der Waals surface area contributed by atoms with E-state index in [0.29, 0.717) is 145 Å². The quantitative estimate of drug-likeness (QED) is 0.0579. The molecule has 0 aromatic heterocycles. The Balaban J connectivity index is 0.994. The second-order valence-electron chi connectivity index (χ2n) is 31.6. The molecule has 0 fully saturated rings. The van der Waals surface area contributed by atoms with Crippen molar-refractivity contribution in [2.24, 2.45) is 0 Å². The molecule has 17 rings (SSSR count). The Hall–Kier alpha value is -11.1. The van der Waals surface area contributed by atoms with Crippen molar-refractivity contribution in [3.8, 4) is 46.0 Å².